The van der Waals surface area contributed by atoms with Gasteiger partial charge in [-0.05, 0) is 136 Å². The smallest absolute Gasteiger partial charge is 0.200 e. The maximum Gasteiger partial charge on any atom is 0.200 e. The Bertz CT molecular complexity index is 5990. The molecule has 0 atom stereocenters. The molecule has 1 aliphatic rings. The predicted octanol–water partition coefficient (Wildman–Crippen LogP) is 20.9. The molecular formula is C78H44F10N6. The second-order valence-electron chi connectivity index (χ2n) is 24.0. The van der Waals surface area contributed by atoms with Gasteiger partial charge in [-0.25, -0.2) is 43.9 Å². The first kappa shape index (κ1) is 57.5. The highest BCUT2D eigenvalue weighted by Gasteiger charge is 2.34. The maximum atomic E-state index is 16.2. The molecule has 94 heavy (non-hydrogen) atoms. The first-order valence-corrected chi connectivity index (χ1v) is 30.0. The van der Waals surface area contributed by atoms with Crippen molar-refractivity contribution < 1.29 is 43.9 Å². The zero-order valence-electron chi connectivity index (χ0n) is 49.8. The fourth-order valence-electron chi connectivity index (χ4n) is 14.3. The third-order valence-electron chi connectivity index (χ3n) is 18.5. The van der Waals surface area contributed by atoms with E-state index in [1.54, 1.807) is 0 Å². The summed E-state index contributed by atoms with van der Waals surface area (Å²) in [6.45, 7) is 5.80. The number of aromatic nitrogens is 4. The Morgan fingerprint density at radius 3 is 1.24 bits per heavy atom. The lowest BCUT2D eigenvalue weighted by molar-refractivity contribution is 0.381. The first-order valence-electron chi connectivity index (χ1n) is 30.0. The largest absolute Gasteiger partial charge is 0.311 e. The van der Waals surface area contributed by atoms with Crippen molar-refractivity contribution in [3.63, 3.8) is 0 Å². The van der Waals surface area contributed by atoms with Crippen LogP contribution in [-0.2, 0) is 12.8 Å². The van der Waals surface area contributed by atoms with Crippen molar-refractivity contribution in [1.82, 2.24) is 18.3 Å². The Balaban J connectivity index is 0.936. The van der Waals surface area contributed by atoms with E-state index in [1.165, 1.54) is 24.3 Å². The SMILES string of the molecule is Cc1ccc2c(c1)c1ccccc1n2-c1cc(-c2c(F)c(F)c(F)c(F)c2F)c(C#N)cc1-n1c2ccc(C)cc2c2ccc(Cc3ccc4c5c(n(-c6cc(C#N)c(-c7c(F)c(F)c(F)c(F)c7F)cc6-n6c7ccccc7c7ccc(C)cc76)c4c3)CCC=C5)cc21. The molecule has 0 aliphatic heterocycles. The second-order valence-corrected chi connectivity index (χ2v) is 24.0. The van der Waals surface area contributed by atoms with Crippen LogP contribution in [0, 0.1) is 102 Å². The molecular weight excluding hydrogens is 1210 g/mol. The number of aryl methyl sites for hydroxylation is 3. The summed E-state index contributed by atoms with van der Waals surface area (Å²) in [6.07, 6.45) is 5.50. The Hall–Kier alpha value is -11.6. The van der Waals surface area contributed by atoms with Crippen molar-refractivity contribution in [1.29, 1.82) is 10.5 Å². The number of benzene rings is 11. The Morgan fingerprint density at radius 1 is 0.351 bits per heavy atom. The van der Waals surface area contributed by atoms with Crippen molar-refractivity contribution in [3.05, 3.63) is 278 Å². The highest BCUT2D eigenvalue weighted by Crippen LogP contribution is 2.47. The molecule has 4 heterocycles. The quantitative estimate of drug-likeness (QED) is 0.0864. The standard InChI is InChI=1S/C78H44F10N6/c1-38-17-24-58-53(26-38)47-12-6-9-15-57(47)91(58)65-34-51(67-69(79)73(83)77(87)74(84)70(67)80)43(36-89)32-63(65)94-59-25-18-39(2)27-54(59)50-23-20-42(31-62(50)94)29-41-19-22-49-46-11-5-8-14-56(46)93(61(49)30-41)64-33-44(37-90)52(68-71(81)75(85)78(88)76(86)72(68)82)35-66(64)92-55-13-7-4-10-45(55)48-21-16-40(3)28-60(48)92/h4-7,9-13,15-28,30-35H,8,14,29H2,1-3H3. The number of nitriles is 2. The molecule has 15 aromatic rings. The highest BCUT2D eigenvalue weighted by molar-refractivity contribution is 6.13. The van der Waals surface area contributed by atoms with Crippen LogP contribution in [0.5, 0.6) is 0 Å². The molecule has 0 bridgehead atoms. The topological polar surface area (TPSA) is 67.3 Å². The van der Waals surface area contributed by atoms with Crippen molar-refractivity contribution >= 4 is 82.4 Å². The summed E-state index contributed by atoms with van der Waals surface area (Å²) in [7, 11) is 0. The number of nitrogens with zero attached hydrogens (tertiary/aromatic N) is 6. The fourth-order valence-corrected chi connectivity index (χ4v) is 14.3. The number of rotatable bonds is 8. The van der Waals surface area contributed by atoms with Crippen LogP contribution in [0.2, 0.25) is 0 Å². The van der Waals surface area contributed by atoms with Crippen LogP contribution in [-0.4, -0.2) is 18.3 Å². The van der Waals surface area contributed by atoms with Crippen molar-refractivity contribution in [2.45, 2.75) is 40.0 Å². The molecule has 0 spiro atoms. The van der Waals surface area contributed by atoms with Gasteiger partial charge >= 0.3 is 0 Å². The zero-order valence-corrected chi connectivity index (χ0v) is 49.8. The van der Waals surface area contributed by atoms with Crippen LogP contribution >= 0.6 is 0 Å². The molecule has 1 aliphatic carbocycles. The summed E-state index contributed by atoms with van der Waals surface area (Å²) in [6, 6.07) is 54.1. The van der Waals surface area contributed by atoms with E-state index in [1.807, 2.05) is 197 Å². The summed E-state index contributed by atoms with van der Waals surface area (Å²) < 4.78 is 163. The number of fused-ring (bicyclic) bond motifs is 12. The van der Waals surface area contributed by atoms with Gasteiger partial charge in [0.2, 0.25) is 11.6 Å². The predicted molar refractivity (Wildman–Crippen MR) is 347 cm³/mol. The molecule has 4 aromatic heterocycles. The minimum Gasteiger partial charge on any atom is -0.311 e. The van der Waals surface area contributed by atoms with Crippen LogP contribution < -0.4 is 0 Å². The van der Waals surface area contributed by atoms with Crippen LogP contribution in [0.15, 0.2) is 170 Å². The van der Waals surface area contributed by atoms with Gasteiger partial charge in [0.1, 0.15) is 0 Å². The van der Waals surface area contributed by atoms with Gasteiger partial charge in [0, 0.05) is 60.1 Å². The van der Waals surface area contributed by atoms with E-state index in [0.717, 1.165) is 76.8 Å². The molecule has 0 saturated carbocycles. The van der Waals surface area contributed by atoms with Crippen LogP contribution in [0.3, 0.4) is 0 Å². The van der Waals surface area contributed by atoms with Gasteiger partial charge in [-0.15, -0.1) is 0 Å². The maximum absolute atomic E-state index is 16.2. The summed E-state index contributed by atoms with van der Waals surface area (Å²) in [4.78, 5) is 0. The lowest BCUT2D eigenvalue weighted by Gasteiger charge is -2.21. The van der Waals surface area contributed by atoms with Crippen molar-refractivity contribution in [2.24, 2.45) is 0 Å². The normalized spacial score (nSPS) is 12.4. The summed E-state index contributed by atoms with van der Waals surface area (Å²) >= 11 is 0. The van der Waals surface area contributed by atoms with Crippen molar-refractivity contribution in [3.8, 4) is 57.1 Å². The number of halogens is 10. The summed E-state index contributed by atoms with van der Waals surface area (Å²) in [5.41, 5.74) is 7.57. The van der Waals surface area contributed by atoms with Gasteiger partial charge in [0.15, 0.2) is 46.5 Å². The van der Waals surface area contributed by atoms with Crippen LogP contribution in [0.25, 0.3) is 127 Å². The van der Waals surface area contributed by atoms with Crippen LogP contribution in [0.4, 0.5) is 43.9 Å². The number of hydrogen-bond donors (Lipinski definition) is 0. The third-order valence-corrected chi connectivity index (χ3v) is 18.5. The molecule has 11 aromatic carbocycles. The van der Waals surface area contributed by atoms with Gasteiger partial charge in [0.05, 0.1) is 95.8 Å². The number of allylic oxidation sites excluding steroid dienone is 1. The average molecular weight is 1260 g/mol. The fraction of sp³-hybridized carbons (Fsp3) is 0.0769. The molecule has 456 valence electrons. The Kier molecular flexibility index (Phi) is 13.0. The van der Waals surface area contributed by atoms with Crippen molar-refractivity contribution in [2.75, 3.05) is 0 Å². The Labute approximate surface area is 528 Å². The van der Waals surface area contributed by atoms with E-state index in [4.69, 9.17) is 0 Å². The minimum atomic E-state index is -2.34. The monoisotopic (exact) mass is 1250 g/mol. The van der Waals surface area contributed by atoms with E-state index in [-0.39, 0.29) is 22.5 Å². The molecule has 16 heteroatoms. The molecule has 0 radical (unpaired) electrons. The van der Waals surface area contributed by atoms with Gasteiger partial charge in [-0.3, -0.25) is 0 Å². The molecule has 0 unspecified atom stereocenters. The van der Waals surface area contributed by atoms with E-state index in [0.29, 0.717) is 69.3 Å². The lowest BCUT2D eigenvalue weighted by atomic mass is 9.96. The summed E-state index contributed by atoms with van der Waals surface area (Å²) in [5.74, 6) is -21.7. The first-order chi connectivity index (χ1) is 45.4. The number of para-hydroxylation sites is 2. The van der Waals surface area contributed by atoms with E-state index < -0.39 is 80.4 Å². The molecule has 0 fully saturated rings. The minimum absolute atomic E-state index is 0.247. The lowest BCUT2D eigenvalue weighted by Crippen LogP contribution is -2.10. The molecule has 0 amide bonds. The van der Waals surface area contributed by atoms with Gasteiger partial charge in [-0.2, -0.15) is 10.5 Å². The second kappa shape index (κ2) is 21.2. The Morgan fingerprint density at radius 2 is 0.723 bits per heavy atom. The molecule has 6 nitrogen and oxygen atoms in total. The average Bonchev–Trinajstić information content (AvgIpc) is 1.52. The van der Waals surface area contributed by atoms with Gasteiger partial charge in [0.25, 0.3) is 0 Å². The van der Waals surface area contributed by atoms with Gasteiger partial charge in [-0.1, -0.05) is 108 Å². The molecule has 0 saturated heterocycles. The number of hydrogen-bond acceptors (Lipinski definition) is 2. The molecule has 16 rings (SSSR count). The van der Waals surface area contributed by atoms with E-state index in [2.05, 4.69) is 6.08 Å². The zero-order chi connectivity index (χ0) is 65.0. The third kappa shape index (κ3) is 8.34. The van der Waals surface area contributed by atoms with Crippen LogP contribution in [0.1, 0.15) is 56.6 Å². The van der Waals surface area contributed by atoms with E-state index in [9.17, 15) is 19.3 Å². The molecule has 0 N–H and O–H groups in total. The summed E-state index contributed by atoms with van der Waals surface area (Å²) in [5, 5.41) is 27.6. The van der Waals surface area contributed by atoms with Gasteiger partial charge < -0.3 is 18.3 Å². The van der Waals surface area contributed by atoms with E-state index >= 15 is 35.1 Å². The highest BCUT2D eigenvalue weighted by atomic mass is 19.2.